The maximum Gasteiger partial charge on any atom is 0.273 e. The van der Waals surface area contributed by atoms with Gasteiger partial charge in [-0.25, -0.2) is 4.98 Å². The molecule has 1 amide bonds. The van der Waals surface area contributed by atoms with Crippen LogP contribution in [-0.4, -0.2) is 41.8 Å². The van der Waals surface area contributed by atoms with Gasteiger partial charge in [-0.05, 0) is 36.4 Å². The van der Waals surface area contributed by atoms with E-state index >= 15 is 0 Å². The van der Waals surface area contributed by atoms with Crippen molar-refractivity contribution >= 4 is 34.4 Å². The van der Waals surface area contributed by atoms with E-state index in [0.29, 0.717) is 30.1 Å². The zero-order valence-electron chi connectivity index (χ0n) is 15.5. The quantitative estimate of drug-likeness (QED) is 0.574. The first kappa shape index (κ1) is 18.8. The van der Waals surface area contributed by atoms with Crippen LogP contribution in [-0.2, 0) is 0 Å². The number of piperidine rings is 1. The number of carbonyl (C=O) groups is 2. The van der Waals surface area contributed by atoms with E-state index in [9.17, 15) is 9.59 Å². The highest BCUT2D eigenvalue weighted by Gasteiger charge is 2.31. The lowest BCUT2D eigenvalue weighted by Gasteiger charge is -2.31. The molecule has 28 heavy (non-hydrogen) atoms. The molecule has 1 aliphatic rings. The van der Waals surface area contributed by atoms with Crippen LogP contribution in [0.15, 0.2) is 47.2 Å². The third-order valence-electron chi connectivity index (χ3n) is 4.91. The maximum atomic E-state index is 13.0. The number of Topliss-reactive ketones (excluding diaryl/α,β-unsaturated/α-hetero) is 1. The molecule has 7 heteroatoms. The molecule has 144 valence electrons. The second-order valence-electron chi connectivity index (χ2n) is 6.67. The lowest BCUT2D eigenvalue weighted by Crippen LogP contribution is -2.42. The van der Waals surface area contributed by atoms with Crippen LogP contribution in [0.1, 0.15) is 33.7 Å². The van der Waals surface area contributed by atoms with Crippen molar-refractivity contribution in [2.75, 3.05) is 20.2 Å². The van der Waals surface area contributed by atoms with Gasteiger partial charge < -0.3 is 9.64 Å². The van der Waals surface area contributed by atoms with E-state index < -0.39 is 0 Å². The predicted molar refractivity (Wildman–Crippen MR) is 111 cm³/mol. The number of ketones is 1. The zero-order chi connectivity index (χ0) is 19.5. The van der Waals surface area contributed by atoms with Gasteiger partial charge in [-0.15, -0.1) is 22.7 Å². The molecule has 1 fully saturated rings. The Labute approximate surface area is 171 Å². The Morgan fingerprint density at radius 3 is 2.82 bits per heavy atom. The Hall–Kier alpha value is -2.51. The molecule has 0 saturated carbocycles. The summed E-state index contributed by atoms with van der Waals surface area (Å²) in [5.74, 6) is 0.296. The molecule has 1 saturated heterocycles. The van der Waals surface area contributed by atoms with E-state index in [4.69, 9.17) is 4.74 Å². The Kier molecular flexibility index (Phi) is 5.54. The molecule has 1 atom stereocenters. The first-order valence-corrected chi connectivity index (χ1v) is 10.9. The number of methoxy groups -OCH3 is 1. The molecule has 0 bridgehead atoms. The minimum absolute atomic E-state index is 0.0347. The molecule has 1 aliphatic heterocycles. The van der Waals surface area contributed by atoms with Crippen molar-refractivity contribution in [3.05, 3.63) is 58.4 Å². The molecule has 0 N–H and O–H groups in total. The first-order chi connectivity index (χ1) is 13.7. The summed E-state index contributed by atoms with van der Waals surface area (Å²) < 4.78 is 5.33. The van der Waals surface area contributed by atoms with Crippen molar-refractivity contribution in [1.82, 2.24) is 9.88 Å². The number of hydrogen-bond acceptors (Lipinski definition) is 6. The molecule has 0 aliphatic carbocycles. The Morgan fingerprint density at radius 2 is 2.04 bits per heavy atom. The number of para-hydroxylation sites is 1. The third-order valence-corrected chi connectivity index (χ3v) is 6.79. The summed E-state index contributed by atoms with van der Waals surface area (Å²) in [7, 11) is 1.57. The van der Waals surface area contributed by atoms with Gasteiger partial charge in [-0.2, -0.15) is 0 Å². The van der Waals surface area contributed by atoms with Crippen molar-refractivity contribution in [1.29, 1.82) is 0 Å². The molecule has 4 rings (SSSR count). The van der Waals surface area contributed by atoms with Crippen molar-refractivity contribution < 1.29 is 14.3 Å². The van der Waals surface area contributed by atoms with Gasteiger partial charge in [0.15, 0.2) is 5.78 Å². The topological polar surface area (TPSA) is 59.5 Å². The van der Waals surface area contributed by atoms with Crippen LogP contribution in [0.5, 0.6) is 5.75 Å². The number of likely N-dealkylation sites (tertiary alicyclic amines) is 1. The van der Waals surface area contributed by atoms with Gasteiger partial charge in [0, 0.05) is 24.4 Å². The van der Waals surface area contributed by atoms with Crippen molar-refractivity contribution in [2.24, 2.45) is 5.92 Å². The fourth-order valence-corrected chi connectivity index (χ4v) is 5.10. The Balaban J connectivity index is 1.49. The molecule has 1 aromatic carbocycles. The van der Waals surface area contributed by atoms with E-state index in [1.54, 1.807) is 35.5 Å². The summed E-state index contributed by atoms with van der Waals surface area (Å²) in [6.07, 6.45) is 1.58. The number of thiazole rings is 1. The van der Waals surface area contributed by atoms with Gasteiger partial charge in [0.05, 0.1) is 17.6 Å². The molecular formula is C21H20N2O3S2. The number of thiophene rings is 1. The minimum atomic E-state index is -0.218. The van der Waals surface area contributed by atoms with Gasteiger partial charge in [-0.3, -0.25) is 9.59 Å². The average Bonchev–Trinajstić information content (AvgIpc) is 3.44. The third kappa shape index (κ3) is 3.72. The Morgan fingerprint density at radius 1 is 1.18 bits per heavy atom. The number of amides is 1. The van der Waals surface area contributed by atoms with Crippen LogP contribution in [0, 0.1) is 5.92 Å². The summed E-state index contributed by atoms with van der Waals surface area (Å²) in [6.45, 7) is 1.07. The number of carbonyl (C=O) groups excluding carboxylic acids is 2. The normalized spacial score (nSPS) is 16.8. The molecule has 2 aromatic heterocycles. The second-order valence-corrected chi connectivity index (χ2v) is 8.48. The Bertz CT molecular complexity index is 981. The van der Waals surface area contributed by atoms with E-state index in [1.807, 2.05) is 35.0 Å². The molecular weight excluding hydrogens is 392 g/mol. The van der Waals surface area contributed by atoms with Crippen LogP contribution >= 0.6 is 22.7 Å². The fourth-order valence-electron chi connectivity index (χ4n) is 3.49. The summed E-state index contributed by atoms with van der Waals surface area (Å²) in [5.41, 5.74) is 1.04. The predicted octanol–water partition coefficient (Wildman–Crippen LogP) is 4.62. The highest BCUT2D eigenvalue weighted by Crippen LogP contribution is 2.30. The molecule has 3 heterocycles. The number of rotatable bonds is 5. The molecule has 0 spiro atoms. The maximum absolute atomic E-state index is 13.0. The van der Waals surface area contributed by atoms with Crippen molar-refractivity contribution in [3.8, 4) is 15.6 Å². The van der Waals surface area contributed by atoms with Gasteiger partial charge in [-0.1, -0.05) is 18.2 Å². The lowest BCUT2D eigenvalue weighted by molar-refractivity contribution is 0.0632. The number of nitrogens with zero attached hydrogens (tertiary/aromatic N) is 2. The summed E-state index contributed by atoms with van der Waals surface area (Å²) in [5, 5.41) is 4.66. The number of hydrogen-bond donors (Lipinski definition) is 0. The van der Waals surface area contributed by atoms with Crippen LogP contribution in [0.3, 0.4) is 0 Å². The van der Waals surface area contributed by atoms with Gasteiger partial charge in [0.2, 0.25) is 0 Å². The highest BCUT2D eigenvalue weighted by molar-refractivity contribution is 7.20. The molecule has 5 nitrogen and oxygen atoms in total. The van der Waals surface area contributed by atoms with Crippen LogP contribution in [0.2, 0.25) is 0 Å². The van der Waals surface area contributed by atoms with E-state index in [2.05, 4.69) is 4.98 Å². The number of aromatic nitrogens is 1. The summed E-state index contributed by atoms with van der Waals surface area (Å²) in [6, 6.07) is 11.2. The number of benzene rings is 1. The molecule has 1 unspecified atom stereocenters. The van der Waals surface area contributed by atoms with Gasteiger partial charge >= 0.3 is 0 Å². The SMILES string of the molecule is COc1ccccc1C(=O)C1CCCN(C(=O)c2csc(-c3cccs3)n2)C1. The fraction of sp³-hybridized carbons (Fsp3) is 0.286. The van der Waals surface area contributed by atoms with E-state index in [1.165, 1.54) is 11.3 Å². The molecule has 0 radical (unpaired) electrons. The van der Waals surface area contributed by atoms with Crippen LogP contribution in [0.4, 0.5) is 0 Å². The van der Waals surface area contributed by atoms with E-state index in [0.717, 1.165) is 22.7 Å². The first-order valence-electron chi connectivity index (χ1n) is 9.13. The smallest absolute Gasteiger partial charge is 0.273 e. The standard InChI is InChI=1S/C21H20N2O3S2/c1-26-17-8-3-2-7-15(17)19(24)14-6-4-10-23(12-14)21(25)16-13-28-20(22-16)18-9-5-11-27-18/h2-3,5,7-9,11,13-14H,4,6,10,12H2,1H3. The van der Waals surface area contributed by atoms with Crippen molar-refractivity contribution in [3.63, 3.8) is 0 Å². The lowest BCUT2D eigenvalue weighted by atomic mass is 9.89. The second kappa shape index (κ2) is 8.24. The van der Waals surface area contributed by atoms with E-state index in [-0.39, 0.29) is 17.6 Å². The summed E-state index contributed by atoms with van der Waals surface area (Å²) >= 11 is 3.09. The molecule has 3 aromatic rings. The van der Waals surface area contributed by atoms with Gasteiger partial charge in [0.25, 0.3) is 5.91 Å². The summed E-state index contributed by atoms with van der Waals surface area (Å²) in [4.78, 5) is 33.3. The van der Waals surface area contributed by atoms with Crippen LogP contribution in [0.25, 0.3) is 9.88 Å². The van der Waals surface area contributed by atoms with Crippen LogP contribution < -0.4 is 4.74 Å². The zero-order valence-corrected chi connectivity index (χ0v) is 17.1. The number of ether oxygens (including phenoxy) is 1. The monoisotopic (exact) mass is 412 g/mol. The average molecular weight is 413 g/mol. The van der Waals surface area contributed by atoms with Crippen molar-refractivity contribution in [2.45, 2.75) is 12.8 Å². The highest BCUT2D eigenvalue weighted by atomic mass is 32.1. The minimum Gasteiger partial charge on any atom is -0.496 e. The largest absolute Gasteiger partial charge is 0.496 e. The van der Waals surface area contributed by atoms with Gasteiger partial charge in [0.1, 0.15) is 16.5 Å².